The van der Waals surface area contributed by atoms with Gasteiger partial charge < -0.3 is 0 Å². The molecule has 1 heteroatoms. The molecule has 0 fully saturated rings. The van der Waals surface area contributed by atoms with Crippen LogP contribution in [0.25, 0.3) is 85.5 Å². The van der Waals surface area contributed by atoms with Crippen LogP contribution in [0.3, 0.4) is 0 Å². The van der Waals surface area contributed by atoms with Crippen molar-refractivity contribution in [2.45, 2.75) is 0 Å². The molecule has 0 atom stereocenters. The Kier molecular flexibility index (Phi) is 4.87. The number of thiophene rings is 1. The molecule has 0 nitrogen and oxygen atoms in total. The van der Waals surface area contributed by atoms with Gasteiger partial charge in [-0.1, -0.05) is 109 Å². The quantitative estimate of drug-likeness (QED) is 0.193. The summed E-state index contributed by atoms with van der Waals surface area (Å²) in [5.41, 5.74) is 5.08. The molecule has 1 aromatic heterocycles. The molecule has 0 spiro atoms. The molecular weight excluding hydrogens is 513 g/mol. The van der Waals surface area contributed by atoms with Gasteiger partial charge in [-0.05, 0) is 102 Å². The van der Waals surface area contributed by atoms with Crippen molar-refractivity contribution in [1.82, 2.24) is 0 Å². The maximum atomic E-state index is 2.42. The van der Waals surface area contributed by atoms with E-state index in [0.29, 0.717) is 0 Å². The summed E-state index contributed by atoms with van der Waals surface area (Å²) in [6, 6.07) is 53.9. The highest BCUT2D eigenvalue weighted by molar-refractivity contribution is 7.25. The van der Waals surface area contributed by atoms with Gasteiger partial charge >= 0.3 is 0 Å². The van der Waals surface area contributed by atoms with Crippen LogP contribution in [0.1, 0.15) is 0 Å². The molecule has 9 rings (SSSR count). The van der Waals surface area contributed by atoms with Crippen molar-refractivity contribution >= 4 is 74.6 Å². The highest BCUT2D eigenvalue weighted by Crippen LogP contribution is 2.43. The second kappa shape index (κ2) is 8.76. The first-order valence-electron chi connectivity index (χ1n) is 14.1. The van der Waals surface area contributed by atoms with E-state index >= 15 is 0 Å². The van der Waals surface area contributed by atoms with Gasteiger partial charge in [-0.3, -0.25) is 0 Å². The van der Waals surface area contributed by atoms with Gasteiger partial charge in [-0.2, -0.15) is 0 Å². The molecule has 1 heterocycles. The minimum atomic E-state index is 1.25. The number of hydrogen-bond donors (Lipinski definition) is 0. The van der Waals surface area contributed by atoms with Crippen molar-refractivity contribution in [2.75, 3.05) is 0 Å². The highest BCUT2D eigenvalue weighted by Gasteiger charge is 2.15. The lowest BCUT2D eigenvalue weighted by atomic mass is 9.87. The van der Waals surface area contributed by atoms with Gasteiger partial charge in [-0.25, -0.2) is 0 Å². The molecule has 9 aromatic rings. The number of fused-ring (bicyclic) bond motifs is 9. The summed E-state index contributed by atoms with van der Waals surface area (Å²) in [4.78, 5) is 0. The third kappa shape index (κ3) is 3.46. The van der Waals surface area contributed by atoms with Crippen LogP contribution in [-0.4, -0.2) is 0 Å². The fourth-order valence-corrected chi connectivity index (χ4v) is 7.80. The summed E-state index contributed by atoms with van der Waals surface area (Å²) >= 11 is 1.87. The molecule has 0 aliphatic carbocycles. The van der Waals surface area contributed by atoms with Gasteiger partial charge in [0, 0.05) is 20.2 Å². The van der Waals surface area contributed by atoms with Crippen LogP contribution in [-0.2, 0) is 0 Å². The molecule has 0 radical (unpaired) electrons. The van der Waals surface area contributed by atoms with E-state index in [-0.39, 0.29) is 0 Å². The first-order chi connectivity index (χ1) is 20.3. The van der Waals surface area contributed by atoms with Gasteiger partial charge in [0.25, 0.3) is 0 Å². The average molecular weight is 537 g/mol. The van der Waals surface area contributed by atoms with Crippen molar-refractivity contribution in [2.24, 2.45) is 0 Å². The van der Waals surface area contributed by atoms with Crippen LogP contribution >= 0.6 is 11.3 Å². The van der Waals surface area contributed by atoms with Crippen LogP contribution in [0.5, 0.6) is 0 Å². The fraction of sp³-hybridized carbons (Fsp3) is 0. The molecule has 190 valence electrons. The number of hydrogen-bond acceptors (Lipinski definition) is 1. The van der Waals surface area contributed by atoms with Crippen molar-refractivity contribution in [3.63, 3.8) is 0 Å². The largest absolute Gasteiger partial charge is 0.135 e. The molecule has 0 aliphatic heterocycles. The van der Waals surface area contributed by atoms with Gasteiger partial charge in [0.2, 0.25) is 0 Å². The first-order valence-corrected chi connectivity index (χ1v) is 14.9. The Labute approximate surface area is 241 Å². The van der Waals surface area contributed by atoms with Crippen molar-refractivity contribution in [1.29, 1.82) is 0 Å². The smallest absolute Gasteiger partial charge is 0.0355 e. The van der Waals surface area contributed by atoms with E-state index in [1.165, 1.54) is 85.5 Å². The minimum absolute atomic E-state index is 1.25. The Morgan fingerprint density at radius 3 is 1.59 bits per heavy atom. The summed E-state index contributed by atoms with van der Waals surface area (Å²) in [6.45, 7) is 0. The van der Waals surface area contributed by atoms with Gasteiger partial charge in [-0.15, -0.1) is 11.3 Å². The van der Waals surface area contributed by atoms with Gasteiger partial charge in [0.1, 0.15) is 0 Å². The first kappa shape index (κ1) is 22.8. The summed E-state index contributed by atoms with van der Waals surface area (Å²) in [7, 11) is 0. The second-order valence-corrected chi connectivity index (χ2v) is 12.0. The molecule has 0 unspecified atom stereocenters. The summed E-state index contributed by atoms with van der Waals surface area (Å²) < 4.78 is 2.68. The summed E-state index contributed by atoms with van der Waals surface area (Å²) in [6.07, 6.45) is 0. The summed E-state index contributed by atoms with van der Waals surface area (Å²) in [5.74, 6) is 0. The van der Waals surface area contributed by atoms with E-state index in [0.717, 1.165) is 0 Å². The monoisotopic (exact) mass is 536 g/mol. The van der Waals surface area contributed by atoms with Crippen LogP contribution in [0.2, 0.25) is 0 Å². The van der Waals surface area contributed by atoms with Crippen LogP contribution in [0.15, 0.2) is 146 Å². The van der Waals surface area contributed by atoms with Gasteiger partial charge in [0.05, 0.1) is 0 Å². The zero-order valence-corrected chi connectivity index (χ0v) is 23.1. The lowest BCUT2D eigenvalue weighted by Crippen LogP contribution is -1.89. The van der Waals surface area contributed by atoms with Crippen LogP contribution in [0, 0.1) is 0 Å². The predicted molar refractivity (Wildman–Crippen MR) is 180 cm³/mol. The van der Waals surface area contributed by atoms with E-state index in [4.69, 9.17) is 0 Å². The molecule has 0 amide bonds. The number of rotatable bonds is 2. The SMILES string of the molecule is c1ccc2cc(-c3cc4cc(-c5ccc6sc7ccccc7c6c5)c5ccccc5c4c4ccccc34)ccc2c1. The fourth-order valence-electron chi connectivity index (χ4n) is 6.71. The van der Waals surface area contributed by atoms with Crippen LogP contribution < -0.4 is 0 Å². The van der Waals surface area contributed by atoms with Crippen molar-refractivity contribution in [3.05, 3.63) is 146 Å². The zero-order valence-electron chi connectivity index (χ0n) is 22.3. The highest BCUT2D eigenvalue weighted by atomic mass is 32.1. The van der Waals surface area contributed by atoms with E-state index in [1.54, 1.807) is 0 Å². The standard InChI is InChI=1S/C40H24S/c1-2-10-26-21-27(18-17-25(26)9-1)35-23-29-24-36(28-19-20-39-37(22-28)32-13-7-8-16-38(32)41-39)31-12-4-6-15-34(31)40(29)33-14-5-3-11-30(33)35/h1-24H. The Morgan fingerprint density at radius 2 is 0.854 bits per heavy atom. The minimum Gasteiger partial charge on any atom is -0.135 e. The Hall–Kier alpha value is -4.98. The lowest BCUT2D eigenvalue weighted by molar-refractivity contribution is 1.69. The zero-order chi connectivity index (χ0) is 26.9. The topological polar surface area (TPSA) is 0 Å². The molecule has 0 bridgehead atoms. The van der Waals surface area contributed by atoms with E-state index < -0.39 is 0 Å². The maximum Gasteiger partial charge on any atom is 0.0355 e. The number of benzene rings is 8. The van der Waals surface area contributed by atoms with Crippen molar-refractivity contribution in [3.8, 4) is 22.3 Å². The second-order valence-electron chi connectivity index (χ2n) is 10.9. The molecule has 0 saturated carbocycles. The Balaban J connectivity index is 1.37. The van der Waals surface area contributed by atoms with Gasteiger partial charge in [0.15, 0.2) is 0 Å². The molecule has 8 aromatic carbocycles. The normalized spacial score (nSPS) is 11.9. The third-order valence-corrected chi connectivity index (χ3v) is 9.76. The molecular formula is C40H24S. The van der Waals surface area contributed by atoms with Crippen LogP contribution in [0.4, 0.5) is 0 Å². The van der Waals surface area contributed by atoms with E-state index in [1.807, 2.05) is 11.3 Å². The lowest BCUT2D eigenvalue weighted by Gasteiger charge is -2.16. The molecule has 0 saturated heterocycles. The molecule has 0 N–H and O–H groups in total. The molecule has 0 aliphatic rings. The van der Waals surface area contributed by atoms with Crippen molar-refractivity contribution < 1.29 is 0 Å². The maximum absolute atomic E-state index is 2.42. The molecule has 41 heavy (non-hydrogen) atoms. The average Bonchev–Trinajstić information content (AvgIpc) is 3.41. The van der Waals surface area contributed by atoms with E-state index in [2.05, 4.69) is 146 Å². The summed E-state index contributed by atoms with van der Waals surface area (Å²) in [5, 5.41) is 13.0. The Morgan fingerprint density at radius 1 is 0.317 bits per heavy atom. The predicted octanol–water partition coefficient (Wildman–Crippen LogP) is 12.0. The van der Waals surface area contributed by atoms with E-state index in [9.17, 15) is 0 Å². The Bertz CT molecular complexity index is 2480. The third-order valence-electron chi connectivity index (χ3n) is 8.61.